The number of amides is 2. The normalized spacial score (nSPS) is 24.8. The van der Waals surface area contributed by atoms with E-state index in [9.17, 15) is 9.59 Å². The fraction of sp³-hybridized carbons (Fsp3) is 0.360. The zero-order chi connectivity index (χ0) is 22.5. The van der Waals surface area contributed by atoms with Crippen molar-refractivity contribution in [3.8, 4) is 0 Å². The van der Waals surface area contributed by atoms with Gasteiger partial charge in [0, 0.05) is 12.0 Å². The molecule has 3 aliphatic heterocycles. The van der Waals surface area contributed by atoms with Crippen molar-refractivity contribution < 1.29 is 14.3 Å². The molecule has 0 bridgehead atoms. The fourth-order valence-corrected chi connectivity index (χ4v) is 5.16. The summed E-state index contributed by atoms with van der Waals surface area (Å²) in [6.07, 6.45) is 4.90. The average Bonchev–Trinajstić information content (AvgIpc) is 3.51. The third kappa shape index (κ3) is 3.24. The van der Waals surface area contributed by atoms with E-state index in [1.807, 2.05) is 48.1 Å². The molecule has 0 saturated carbocycles. The van der Waals surface area contributed by atoms with Gasteiger partial charge in [-0.15, -0.1) is 0 Å². The lowest BCUT2D eigenvalue weighted by atomic mass is 9.89. The lowest BCUT2D eigenvalue weighted by Crippen LogP contribution is -2.34. The van der Waals surface area contributed by atoms with Gasteiger partial charge in [0.2, 0.25) is 5.91 Å². The number of ether oxygens (including phenoxy) is 1. The number of imide groups is 1. The van der Waals surface area contributed by atoms with Gasteiger partial charge in [-0.1, -0.05) is 30.3 Å². The van der Waals surface area contributed by atoms with Crippen molar-refractivity contribution in [2.45, 2.75) is 45.0 Å². The van der Waals surface area contributed by atoms with Crippen LogP contribution in [0.25, 0.3) is 10.9 Å². The van der Waals surface area contributed by atoms with E-state index >= 15 is 0 Å². The molecular formula is C25H25N5O3. The quantitative estimate of drug-likeness (QED) is 0.626. The molecule has 0 spiro atoms. The van der Waals surface area contributed by atoms with Crippen LogP contribution < -0.4 is 5.43 Å². The Balaban J connectivity index is 1.34. The zero-order valence-corrected chi connectivity index (χ0v) is 18.4. The Labute approximate surface area is 191 Å². The van der Waals surface area contributed by atoms with E-state index < -0.39 is 12.0 Å². The molecule has 168 valence electrons. The predicted molar refractivity (Wildman–Crippen MR) is 122 cm³/mol. The number of carbonyl (C=O) groups is 2. The van der Waals surface area contributed by atoms with Crippen LogP contribution >= 0.6 is 0 Å². The number of rotatable bonds is 4. The summed E-state index contributed by atoms with van der Waals surface area (Å²) < 4.78 is 7.90. The molecule has 0 radical (unpaired) electrons. The van der Waals surface area contributed by atoms with Crippen LogP contribution in [0.2, 0.25) is 0 Å². The summed E-state index contributed by atoms with van der Waals surface area (Å²) in [6, 6.07) is 13.3. The third-order valence-corrected chi connectivity index (χ3v) is 6.88. The van der Waals surface area contributed by atoms with Gasteiger partial charge in [0.05, 0.1) is 24.3 Å². The van der Waals surface area contributed by atoms with Crippen LogP contribution in [-0.2, 0) is 20.9 Å². The number of carbonyl (C=O) groups excluding carboxylic acids is 2. The van der Waals surface area contributed by atoms with Crippen LogP contribution in [0.1, 0.15) is 48.2 Å². The van der Waals surface area contributed by atoms with Crippen LogP contribution in [0, 0.1) is 12.8 Å². The maximum atomic E-state index is 13.4. The van der Waals surface area contributed by atoms with Crippen LogP contribution in [-0.4, -0.2) is 38.8 Å². The lowest BCUT2D eigenvalue weighted by molar-refractivity contribution is -0.140. The molecule has 3 unspecified atom stereocenters. The molecule has 8 heteroatoms. The van der Waals surface area contributed by atoms with E-state index in [1.54, 1.807) is 0 Å². The monoisotopic (exact) mass is 443 g/mol. The minimum Gasteiger partial charge on any atom is -0.356 e. The Bertz CT molecular complexity index is 1280. The molecule has 2 amide bonds. The maximum Gasteiger partial charge on any atom is 0.277 e. The van der Waals surface area contributed by atoms with E-state index in [2.05, 4.69) is 27.8 Å². The van der Waals surface area contributed by atoms with E-state index in [0.29, 0.717) is 5.71 Å². The summed E-state index contributed by atoms with van der Waals surface area (Å²) in [5.41, 5.74) is 7.24. The van der Waals surface area contributed by atoms with Crippen molar-refractivity contribution in [3.63, 3.8) is 0 Å². The van der Waals surface area contributed by atoms with E-state index in [-0.39, 0.29) is 24.6 Å². The van der Waals surface area contributed by atoms with Gasteiger partial charge in [0.25, 0.3) is 5.91 Å². The lowest BCUT2D eigenvalue weighted by Gasteiger charge is -2.24. The van der Waals surface area contributed by atoms with Gasteiger partial charge in [-0.25, -0.2) is 4.68 Å². The van der Waals surface area contributed by atoms with Gasteiger partial charge < -0.3 is 10.2 Å². The van der Waals surface area contributed by atoms with Crippen LogP contribution in [0.15, 0.2) is 53.8 Å². The Morgan fingerprint density at radius 2 is 2.00 bits per heavy atom. The topological polar surface area (TPSA) is 88.8 Å². The van der Waals surface area contributed by atoms with Crippen LogP contribution in [0.4, 0.5) is 0 Å². The maximum absolute atomic E-state index is 13.4. The highest BCUT2D eigenvalue weighted by molar-refractivity contribution is 6.50. The Morgan fingerprint density at radius 1 is 1.15 bits per heavy atom. The van der Waals surface area contributed by atoms with Gasteiger partial charge in [0.15, 0.2) is 6.23 Å². The van der Waals surface area contributed by atoms with Gasteiger partial charge >= 0.3 is 0 Å². The highest BCUT2D eigenvalue weighted by Crippen LogP contribution is 2.38. The minimum atomic E-state index is -0.625. The molecule has 8 nitrogen and oxygen atoms in total. The Kier molecular flexibility index (Phi) is 4.76. The first-order valence-corrected chi connectivity index (χ1v) is 11.4. The summed E-state index contributed by atoms with van der Waals surface area (Å²) in [5.74, 6) is -1.15. The van der Waals surface area contributed by atoms with Gasteiger partial charge in [-0.05, 0) is 55.0 Å². The molecule has 3 atom stereocenters. The Morgan fingerprint density at radius 3 is 2.79 bits per heavy atom. The molecule has 1 aromatic heterocycles. The van der Waals surface area contributed by atoms with Gasteiger partial charge in [0.1, 0.15) is 11.6 Å². The highest BCUT2D eigenvalue weighted by atomic mass is 16.5. The number of nitrogens with one attached hydrogen (secondary N) is 1. The predicted octanol–water partition coefficient (Wildman–Crippen LogP) is 3.23. The highest BCUT2D eigenvalue weighted by Gasteiger charge is 2.52. The second-order valence-electron chi connectivity index (χ2n) is 8.97. The number of fused-ring (bicyclic) bond motifs is 2. The molecule has 3 aromatic rings. The van der Waals surface area contributed by atoms with Gasteiger partial charge in [-0.3, -0.25) is 14.5 Å². The summed E-state index contributed by atoms with van der Waals surface area (Å²) in [4.78, 5) is 27.7. The molecular weight excluding hydrogens is 418 g/mol. The van der Waals surface area contributed by atoms with E-state index in [0.717, 1.165) is 53.5 Å². The average molecular weight is 444 g/mol. The SMILES string of the molecule is Cc1cc2cnn(C3CCCCO3)c2cc1C1NN=C2C(=O)N(Cc3ccccc3)C(=O)C21. The number of hydrogen-bond acceptors (Lipinski definition) is 6. The number of aromatic nitrogens is 2. The van der Waals surface area contributed by atoms with Gasteiger partial charge in [-0.2, -0.15) is 10.2 Å². The molecule has 4 heterocycles. The number of nitrogens with zero attached hydrogens (tertiary/aromatic N) is 4. The van der Waals surface area contributed by atoms with E-state index in [1.165, 1.54) is 4.90 Å². The van der Waals surface area contributed by atoms with Crippen molar-refractivity contribution in [1.82, 2.24) is 20.1 Å². The van der Waals surface area contributed by atoms with Crippen LogP contribution in [0.5, 0.6) is 0 Å². The molecule has 2 fully saturated rings. The number of benzene rings is 2. The first-order chi connectivity index (χ1) is 16.1. The van der Waals surface area contributed by atoms with Crippen molar-refractivity contribution in [2.24, 2.45) is 11.0 Å². The zero-order valence-electron chi connectivity index (χ0n) is 18.4. The standard InChI is InChI=1S/C25H25N5O3/c1-15-11-17-13-26-30(20-9-5-6-10-33-20)19(17)12-18(15)22-21-23(28-27-22)25(32)29(24(21)31)14-16-7-3-2-4-8-16/h2-4,7-8,11-13,20-22,27H,5-6,9-10,14H2,1H3. The summed E-state index contributed by atoms with van der Waals surface area (Å²) >= 11 is 0. The first kappa shape index (κ1) is 20.1. The first-order valence-electron chi connectivity index (χ1n) is 11.4. The van der Waals surface area contributed by atoms with Crippen molar-refractivity contribution in [2.75, 3.05) is 6.61 Å². The van der Waals surface area contributed by atoms with Crippen molar-refractivity contribution >= 4 is 28.4 Å². The molecule has 1 N–H and O–H groups in total. The molecule has 2 saturated heterocycles. The number of aryl methyl sites for hydroxylation is 1. The summed E-state index contributed by atoms with van der Waals surface area (Å²) in [7, 11) is 0. The summed E-state index contributed by atoms with van der Waals surface area (Å²) in [5, 5.41) is 9.93. The Hall–Kier alpha value is -3.52. The number of hydrazone groups is 1. The minimum absolute atomic E-state index is 0.0776. The smallest absolute Gasteiger partial charge is 0.277 e. The van der Waals surface area contributed by atoms with Crippen molar-refractivity contribution in [3.05, 3.63) is 65.4 Å². The van der Waals surface area contributed by atoms with Crippen LogP contribution in [0.3, 0.4) is 0 Å². The number of hydrogen-bond donors (Lipinski definition) is 1. The third-order valence-electron chi connectivity index (χ3n) is 6.88. The summed E-state index contributed by atoms with van der Waals surface area (Å²) in [6.45, 7) is 3.01. The largest absolute Gasteiger partial charge is 0.356 e. The second-order valence-corrected chi connectivity index (χ2v) is 8.97. The molecule has 0 aliphatic carbocycles. The number of likely N-dealkylation sites (tertiary alicyclic amines) is 1. The second kappa shape index (κ2) is 7.81. The molecule has 2 aromatic carbocycles. The fourth-order valence-electron chi connectivity index (χ4n) is 5.16. The molecule has 6 rings (SSSR count). The van der Waals surface area contributed by atoms with E-state index in [4.69, 9.17) is 4.74 Å². The molecule has 33 heavy (non-hydrogen) atoms. The van der Waals surface area contributed by atoms with Crippen molar-refractivity contribution in [1.29, 1.82) is 0 Å². The molecule has 3 aliphatic rings.